The summed E-state index contributed by atoms with van der Waals surface area (Å²) in [5.41, 5.74) is 2.47. The Morgan fingerprint density at radius 2 is 1.69 bits per heavy atom. The summed E-state index contributed by atoms with van der Waals surface area (Å²) in [5, 5.41) is 0. The maximum atomic E-state index is 13.0. The van der Waals surface area contributed by atoms with Crippen LogP contribution in [-0.2, 0) is 27.7 Å². The molecule has 0 spiro atoms. The number of fused-ring (bicyclic) bond motifs is 1. The van der Waals surface area contributed by atoms with Gasteiger partial charge in [-0.15, -0.1) is 0 Å². The Morgan fingerprint density at radius 1 is 1.04 bits per heavy atom. The lowest BCUT2D eigenvalue weighted by Gasteiger charge is -2.34. The van der Waals surface area contributed by atoms with Crippen LogP contribution in [0.25, 0.3) is 0 Å². The molecule has 0 radical (unpaired) electrons. The van der Waals surface area contributed by atoms with Gasteiger partial charge in [-0.1, -0.05) is 19.9 Å². The maximum Gasteiger partial charge on any atom is 0.243 e. The number of nitrogens with zero attached hydrogens (tertiary/aromatic N) is 2. The zero-order valence-corrected chi connectivity index (χ0v) is 16.7. The van der Waals surface area contributed by atoms with Gasteiger partial charge >= 0.3 is 0 Å². The number of sulfonamides is 1. The highest BCUT2D eigenvalue weighted by atomic mass is 32.2. The van der Waals surface area contributed by atoms with E-state index in [2.05, 4.69) is 13.8 Å². The summed E-state index contributed by atoms with van der Waals surface area (Å²) >= 11 is 0. The van der Waals surface area contributed by atoms with Gasteiger partial charge in [0.1, 0.15) is 0 Å². The van der Waals surface area contributed by atoms with Crippen molar-refractivity contribution < 1.29 is 13.2 Å². The van der Waals surface area contributed by atoms with Crippen molar-refractivity contribution in [3.8, 4) is 0 Å². The molecule has 2 aliphatic rings. The molecule has 144 valence electrons. The van der Waals surface area contributed by atoms with Gasteiger partial charge in [-0.25, -0.2) is 8.42 Å². The van der Waals surface area contributed by atoms with E-state index < -0.39 is 10.0 Å². The molecule has 26 heavy (non-hydrogen) atoms. The summed E-state index contributed by atoms with van der Waals surface area (Å²) < 4.78 is 27.5. The highest BCUT2D eigenvalue weighted by molar-refractivity contribution is 7.89. The summed E-state index contributed by atoms with van der Waals surface area (Å²) in [5.74, 6) is 0.647. The third-order valence-corrected chi connectivity index (χ3v) is 7.38. The van der Waals surface area contributed by atoms with Gasteiger partial charge in [0, 0.05) is 32.6 Å². The predicted octanol–water partition coefficient (Wildman–Crippen LogP) is 2.83. The fourth-order valence-electron chi connectivity index (χ4n) is 3.77. The largest absolute Gasteiger partial charge is 0.340 e. The molecule has 0 N–H and O–H groups in total. The van der Waals surface area contributed by atoms with Crippen LogP contribution in [0.3, 0.4) is 0 Å². The maximum absolute atomic E-state index is 13.0. The average molecular weight is 379 g/mol. The van der Waals surface area contributed by atoms with Crippen LogP contribution in [0, 0.1) is 5.92 Å². The van der Waals surface area contributed by atoms with Crippen molar-refractivity contribution in [2.45, 2.75) is 57.3 Å². The first-order valence-corrected chi connectivity index (χ1v) is 11.2. The molecule has 1 aliphatic heterocycles. The van der Waals surface area contributed by atoms with E-state index in [4.69, 9.17) is 0 Å². The third kappa shape index (κ3) is 4.29. The molecule has 1 heterocycles. The lowest BCUT2D eigenvalue weighted by atomic mass is 9.92. The number of rotatable bonds is 5. The second-order valence-electron chi connectivity index (χ2n) is 7.86. The van der Waals surface area contributed by atoms with Crippen LogP contribution < -0.4 is 0 Å². The van der Waals surface area contributed by atoms with Crippen molar-refractivity contribution in [2.75, 3.05) is 26.2 Å². The van der Waals surface area contributed by atoms with E-state index in [9.17, 15) is 13.2 Å². The first kappa shape index (κ1) is 19.4. The van der Waals surface area contributed by atoms with E-state index in [0.29, 0.717) is 43.4 Å². The number of aryl methyl sites for hydroxylation is 2. The van der Waals surface area contributed by atoms with Crippen LogP contribution in [0.5, 0.6) is 0 Å². The van der Waals surface area contributed by atoms with Crippen molar-refractivity contribution in [1.82, 2.24) is 9.21 Å². The zero-order chi connectivity index (χ0) is 18.7. The molecule has 6 heteroatoms. The second kappa shape index (κ2) is 8.09. The molecule has 0 aromatic heterocycles. The van der Waals surface area contributed by atoms with Crippen molar-refractivity contribution >= 4 is 15.9 Å². The van der Waals surface area contributed by atoms with Gasteiger partial charge in [0.25, 0.3) is 0 Å². The van der Waals surface area contributed by atoms with E-state index in [1.165, 1.54) is 21.9 Å². The normalized spacial score (nSPS) is 18.8. The summed E-state index contributed by atoms with van der Waals surface area (Å²) in [6.07, 6.45) is 5.77. The topological polar surface area (TPSA) is 57.7 Å². The van der Waals surface area contributed by atoms with Crippen LogP contribution in [-0.4, -0.2) is 49.7 Å². The van der Waals surface area contributed by atoms with Crippen LogP contribution in [0.2, 0.25) is 0 Å². The van der Waals surface area contributed by atoms with Gasteiger partial charge in [0.15, 0.2) is 0 Å². The molecular weight excluding hydrogens is 348 g/mol. The summed E-state index contributed by atoms with van der Waals surface area (Å²) in [6, 6.07) is 5.59. The molecular formula is C20H30N2O3S. The Bertz CT molecular complexity index is 750. The summed E-state index contributed by atoms with van der Waals surface area (Å²) in [6.45, 7) is 5.95. The van der Waals surface area contributed by atoms with Crippen LogP contribution in [0.4, 0.5) is 0 Å². The Labute approximate surface area is 157 Å². The first-order chi connectivity index (χ1) is 12.4. The van der Waals surface area contributed by atoms with Gasteiger partial charge < -0.3 is 4.90 Å². The molecule has 1 amide bonds. The summed E-state index contributed by atoms with van der Waals surface area (Å²) in [7, 11) is -3.47. The molecule has 0 unspecified atom stereocenters. The summed E-state index contributed by atoms with van der Waals surface area (Å²) in [4.78, 5) is 14.5. The van der Waals surface area contributed by atoms with Gasteiger partial charge in [-0.2, -0.15) is 4.31 Å². The Hall–Kier alpha value is -1.40. The van der Waals surface area contributed by atoms with Crippen molar-refractivity contribution in [1.29, 1.82) is 0 Å². The van der Waals surface area contributed by atoms with Gasteiger partial charge in [-0.3, -0.25) is 4.79 Å². The minimum atomic E-state index is -3.47. The molecule has 1 fully saturated rings. The number of carbonyl (C=O) groups excluding carboxylic acids is 1. The zero-order valence-electron chi connectivity index (χ0n) is 15.9. The highest BCUT2D eigenvalue weighted by Crippen LogP contribution is 2.26. The van der Waals surface area contributed by atoms with E-state index >= 15 is 0 Å². The second-order valence-corrected chi connectivity index (χ2v) is 9.79. The van der Waals surface area contributed by atoms with Crippen LogP contribution in [0.1, 0.15) is 50.7 Å². The minimum absolute atomic E-state index is 0.143. The van der Waals surface area contributed by atoms with E-state index in [-0.39, 0.29) is 5.91 Å². The Morgan fingerprint density at radius 3 is 2.35 bits per heavy atom. The fraction of sp³-hybridized carbons (Fsp3) is 0.650. The molecule has 1 saturated heterocycles. The van der Waals surface area contributed by atoms with E-state index in [1.807, 2.05) is 12.1 Å². The van der Waals surface area contributed by atoms with Crippen molar-refractivity contribution in [2.24, 2.45) is 5.92 Å². The predicted molar refractivity (Wildman–Crippen MR) is 102 cm³/mol. The quantitative estimate of drug-likeness (QED) is 0.792. The number of carbonyl (C=O) groups is 1. The van der Waals surface area contributed by atoms with Gasteiger partial charge in [-0.05, 0) is 61.3 Å². The minimum Gasteiger partial charge on any atom is -0.340 e. The smallest absolute Gasteiger partial charge is 0.243 e. The number of piperazine rings is 1. The standard InChI is InChI=1S/C20H30N2O3S/c1-16(2)7-10-20(23)21-11-13-22(14-12-21)26(24,25)19-9-8-17-5-3-4-6-18(17)15-19/h8-9,15-16H,3-7,10-14H2,1-2H3. The average Bonchev–Trinajstić information content (AvgIpc) is 2.65. The number of hydrogen-bond donors (Lipinski definition) is 0. The lowest BCUT2D eigenvalue weighted by molar-refractivity contribution is -0.132. The SMILES string of the molecule is CC(C)CCC(=O)N1CCN(S(=O)(=O)c2ccc3c(c2)CCCC3)CC1. The van der Waals surface area contributed by atoms with Gasteiger partial charge in [0.2, 0.25) is 15.9 Å². The molecule has 1 aliphatic carbocycles. The van der Waals surface area contributed by atoms with E-state index in [1.54, 1.807) is 11.0 Å². The van der Waals surface area contributed by atoms with E-state index in [0.717, 1.165) is 25.7 Å². The Kier molecular flexibility index (Phi) is 6.03. The third-order valence-electron chi connectivity index (χ3n) is 5.48. The molecule has 1 aromatic rings. The van der Waals surface area contributed by atoms with Crippen molar-refractivity contribution in [3.63, 3.8) is 0 Å². The van der Waals surface area contributed by atoms with Crippen LogP contribution >= 0.6 is 0 Å². The fourth-order valence-corrected chi connectivity index (χ4v) is 5.24. The number of benzene rings is 1. The molecule has 5 nitrogen and oxygen atoms in total. The van der Waals surface area contributed by atoms with Crippen molar-refractivity contribution in [3.05, 3.63) is 29.3 Å². The van der Waals surface area contributed by atoms with Crippen LogP contribution in [0.15, 0.2) is 23.1 Å². The van der Waals surface area contributed by atoms with Gasteiger partial charge in [0.05, 0.1) is 4.90 Å². The number of amides is 1. The molecule has 3 rings (SSSR count). The number of hydrogen-bond acceptors (Lipinski definition) is 3. The Balaban J connectivity index is 1.64. The molecule has 0 saturated carbocycles. The molecule has 0 atom stereocenters. The molecule has 0 bridgehead atoms. The first-order valence-electron chi connectivity index (χ1n) is 9.77. The monoisotopic (exact) mass is 378 g/mol. The molecule has 1 aromatic carbocycles. The highest BCUT2D eigenvalue weighted by Gasteiger charge is 2.30. The lowest BCUT2D eigenvalue weighted by Crippen LogP contribution is -2.50.